The van der Waals surface area contributed by atoms with Crippen molar-refractivity contribution in [1.82, 2.24) is 14.9 Å². The Morgan fingerprint density at radius 1 is 1.60 bits per heavy atom. The van der Waals surface area contributed by atoms with E-state index in [1.54, 1.807) is 11.2 Å². The van der Waals surface area contributed by atoms with Crippen LogP contribution in [-0.2, 0) is 4.74 Å². The maximum Gasteiger partial charge on any atom is 0.254 e. The number of carbonyl (C=O) groups is 1. The van der Waals surface area contributed by atoms with Crippen molar-refractivity contribution in [3.63, 3.8) is 0 Å². The Bertz CT molecular complexity index is 622. The summed E-state index contributed by atoms with van der Waals surface area (Å²) in [6, 6.07) is 5.41. The highest BCUT2D eigenvalue weighted by Crippen LogP contribution is 2.16. The van der Waals surface area contributed by atoms with Crippen LogP contribution in [0.4, 0.5) is 0 Å². The average Bonchev–Trinajstić information content (AvgIpc) is 2.94. The fourth-order valence-corrected chi connectivity index (χ4v) is 2.43. The lowest BCUT2D eigenvalue weighted by molar-refractivity contribution is -0.0300. The van der Waals surface area contributed by atoms with Gasteiger partial charge in [0.2, 0.25) is 0 Å². The second kappa shape index (κ2) is 5.22. The van der Waals surface area contributed by atoms with E-state index >= 15 is 0 Å². The SMILES string of the molecule is CC(N)C1CN(C(=O)c2ccc3nc[nH]c3c2)CCO1. The van der Waals surface area contributed by atoms with Crippen LogP contribution in [0.15, 0.2) is 24.5 Å². The lowest BCUT2D eigenvalue weighted by Crippen LogP contribution is -2.51. The number of benzene rings is 1. The lowest BCUT2D eigenvalue weighted by atomic mass is 10.1. The Hall–Kier alpha value is -1.92. The number of imidazole rings is 1. The van der Waals surface area contributed by atoms with Crippen LogP contribution in [0.2, 0.25) is 0 Å². The third-order valence-electron chi connectivity index (χ3n) is 3.63. The predicted octanol–water partition coefficient (Wildman–Crippen LogP) is 0.751. The molecule has 2 unspecified atom stereocenters. The molecule has 1 aromatic carbocycles. The van der Waals surface area contributed by atoms with Gasteiger partial charge in [-0.05, 0) is 25.1 Å². The standard InChI is InChI=1S/C14H18N4O2/c1-9(15)13-7-18(4-5-20-13)14(19)10-2-3-11-12(6-10)17-8-16-11/h2-3,6,8-9,13H,4-5,7,15H2,1H3,(H,16,17). The summed E-state index contributed by atoms with van der Waals surface area (Å²) in [5.74, 6) is 0.00968. The van der Waals surface area contributed by atoms with E-state index < -0.39 is 0 Å². The van der Waals surface area contributed by atoms with Crippen LogP contribution in [0.5, 0.6) is 0 Å². The first-order valence-corrected chi connectivity index (χ1v) is 6.75. The second-order valence-corrected chi connectivity index (χ2v) is 5.15. The summed E-state index contributed by atoms with van der Waals surface area (Å²) < 4.78 is 5.58. The van der Waals surface area contributed by atoms with Crippen LogP contribution in [-0.4, -0.2) is 52.6 Å². The van der Waals surface area contributed by atoms with Gasteiger partial charge in [0.25, 0.3) is 5.91 Å². The topological polar surface area (TPSA) is 84.2 Å². The van der Waals surface area contributed by atoms with Crippen molar-refractivity contribution >= 4 is 16.9 Å². The molecule has 3 N–H and O–H groups in total. The fraction of sp³-hybridized carbons (Fsp3) is 0.429. The highest BCUT2D eigenvalue weighted by molar-refractivity contribution is 5.97. The van der Waals surface area contributed by atoms with Gasteiger partial charge < -0.3 is 20.4 Å². The Balaban J connectivity index is 1.80. The summed E-state index contributed by atoms with van der Waals surface area (Å²) >= 11 is 0. The Labute approximate surface area is 116 Å². The zero-order valence-electron chi connectivity index (χ0n) is 11.4. The molecule has 0 saturated carbocycles. The van der Waals surface area contributed by atoms with Gasteiger partial charge in [0.05, 0.1) is 30.1 Å². The molecule has 0 bridgehead atoms. The van der Waals surface area contributed by atoms with Crippen molar-refractivity contribution in [2.75, 3.05) is 19.7 Å². The molecule has 1 aromatic heterocycles. The first kappa shape index (κ1) is 13.1. The number of fused-ring (bicyclic) bond motifs is 1. The number of aromatic nitrogens is 2. The minimum Gasteiger partial charge on any atom is -0.373 e. The molecular weight excluding hydrogens is 256 g/mol. The van der Waals surface area contributed by atoms with Gasteiger partial charge in [0.15, 0.2) is 0 Å². The molecule has 1 aliphatic rings. The number of morpholine rings is 1. The molecule has 1 amide bonds. The molecule has 2 heterocycles. The van der Waals surface area contributed by atoms with Crippen molar-refractivity contribution in [2.45, 2.75) is 19.1 Å². The van der Waals surface area contributed by atoms with Crippen LogP contribution >= 0.6 is 0 Å². The molecular formula is C14H18N4O2. The number of hydrogen-bond donors (Lipinski definition) is 2. The molecule has 1 saturated heterocycles. The Morgan fingerprint density at radius 2 is 2.45 bits per heavy atom. The number of carbonyl (C=O) groups excluding carboxylic acids is 1. The van der Waals surface area contributed by atoms with E-state index in [4.69, 9.17) is 10.5 Å². The maximum atomic E-state index is 12.5. The monoisotopic (exact) mass is 274 g/mol. The van der Waals surface area contributed by atoms with Gasteiger partial charge in [-0.1, -0.05) is 0 Å². The van der Waals surface area contributed by atoms with Crippen LogP contribution in [0.1, 0.15) is 17.3 Å². The molecule has 1 fully saturated rings. The molecule has 2 aromatic rings. The van der Waals surface area contributed by atoms with Gasteiger partial charge in [-0.15, -0.1) is 0 Å². The number of amides is 1. The van der Waals surface area contributed by atoms with Gasteiger partial charge in [0.1, 0.15) is 0 Å². The van der Waals surface area contributed by atoms with Gasteiger partial charge in [-0.25, -0.2) is 4.98 Å². The van der Waals surface area contributed by atoms with Crippen molar-refractivity contribution in [3.05, 3.63) is 30.1 Å². The minimum atomic E-state index is -0.0939. The average molecular weight is 274 g/mol. The molecule has 2 atom stereocenters. The van der Waals surface area contributed by atoms with Crippen LogP contribution in [0.3, 0.4) is 0 Å². The summed E-state index contributed by atoms with van der Waals surface area (Å²) in [4.78, 5) is 21.5. The van der Waals surface area contributed by atoms with Crippen molar-refractivity contribution in [2.24, 2.45) is 5.73 Å². The first-order chi connectivity index (χ1) is 9.65. The third-order valence-corrected chi connectivity index (χ3v) is 3.63. The van der Waals surface area contributed by atoms with E-state index in [1.807, 2.05) is 25.1 Å². The zero-order valence-corrected chi connectivity index (χ0v) is 11.4. The van der Waals surface area contributed by atoms with Gasteiger partial charge >= 0.3 is 0 Å². The fourth-order valence-electron chi connectivity index (χ4n) is 2.43. The molecule has 0 radical (unpaired) electrons. The molecule has 106 valence electrons. The third kappa shape index (κ3) is 2.39. The van der Waals surface area contributed by atoms with E-state index in [-0.39, 0.29) is 18.1 Å². The van der Waals surface area contributed by atoms with Gasteiger partial charge in [-0.2, -0.15) is 0 Å². The van der Waals surface area contributed by atoms with Crippen molar-refractivity contribution < 1.29 is 9.53 Å². The lowest BCUT2D eigenvalue weighted by Gasteiger charge is -2.34. The van der Waals surface area contributed by atoms with Crippen LogP contribution < -0.4 is 5.73 Å². The van der Waals surface area contributed by atoms with E-state index in [2.05, 4.69) is 9.97 Å². The molecule has 0 aliphatic carbocycles. The summed E-state index contributed by atoms with van der Waals surface area (Å²) in [5, 5.41) is 0. The van der Waals surface area contributed by atoms with E-state index in [1.165, 1.54) is 0 Å². The summed E-state index contributed by atoms with van der Waals surface area (Å²) in [7, 11) is 0. The molecule has 1 aliphatic heterocycles. The normalized spacial score (nSPS) is 21.1. The smallest absolute Gasteiger partial charge is 0.254 e. The van der Waals surface area contributed by atoms with Crippen molar-refractivity contribution in [3.8, 4) is 0 Å². The predicted molar refractivity (Wildman–Crippen MR) is 75.4 cm³/mol. The number of nitrogens with zero attached hydrogens (tertiary/aromatic N) is 2. The first-order valence-electron chi connectivity index (χ1n) is 6.75. The highest BCUT2D eigenvalue weighted by atomic mass is 16.5. The number of aromatic amines is 1. The largest absolute Gasteiger partial charge is 0.373 e. The molecule has 20 heavy (non-hydrogen) atoms. The van der Waals surface area contributed by atoms with Crippen LogP contribution in [0, 0.1) is 0 Å². The zero-order chi connectivity index (χ0) is 14.1. The van der Waals surface area contributed by atoms with Gasteiger partial charge in [-0.3, -0.25) is 4.79 Å². The van der Waals surface area contributed by atoms with E-state index in [0.29, 0.717) is 25.3 Å². The Morgan fingerprint density at radius 3 is 3.25 bits per heavy atom. The number of nitrogens with one attached hydrogen (secondary N) is 1. The van der Waals surface area contributed by atoms with E-state index in [9.17, 15) is 4.79 Å². The Kier molecular flexibility index (Phi) is 3.42. The van der Waals surface area contributed by atoms with Crippen LogP contribution in [0.25, 0.3) is 11.0 Å². The number of ether oxygens (including phenoxy) is 1. The summed E-state index contributed by atoms with van der Waals surface area (Å²) in [6.45, 7) is 3.57. The molecule has 0 spiro atoms. The molecule has 6 nitrogen and oxygen atoms in total. The van der Waals surface area contributed by atoms with Gasteiger partial charge in [0, 0.05) is 24.7 Å². The summed E-state index contributed by atoms with van der Waals surface area (Å²) in [6.07, 6.45) is 1.53. The summed E-state index contributed by atoms with van der Waals surface area (Å²) in [5.41, 5.74) is 8.24. The maximum absolute atomic E-state index is 12.5. The van der Waals surface area contributed by atoms with Crippen molar-refractivity contribution in [1.29, 1.82) is 0 Å². The number of nitrogens with two attached hydrogens (primary N) is 1. The second-order valence-electron chi connectivity index (χ2n) is 5.15. The highest BCUT2D eigenvalue weighted by Gasteiger charge is 2.27. The van der Waals surface area contributed by atoms with E-state index in [0.717, 1.165) is 11.0 Å². The quantitative estimate of drug-likeness (QED) is 0.846. The number of rotatable bonds is 2. The minimum absolute atomic E-state index is 0.00968. The number of H-pyrrole nitrogens is 1. The molecule has 6 heteroatoms. The number of hydrogen-bond acceptors (Lipinski definition) is 4. The molecule has 3 rings (SSSR count).